The van der Waals surface area contributed by atoms with Crippen molar-refractivity contribution in [2.45, 2.75) is 12.8 Å². The van der Waals surface area contributed by atoms with Gasteiger partial charge in [0.25, 0.3) is 0 Å². The van der Waals surface area contributed by atoms with E-state index < -0.39 is 0 Å². The molecule has 0 saturated heterocycles. The van der Waals surface area contributed by atoms with Crippen molar-refractivity contribution in [3.63, 3.8) is 0 Å². The first-order valence-corrected chi connectivity index (χ1v) is 8.24. The first-order valence-electron chi connectivity index (χ1n) is 7.29. The molecule has 0 unspecified atom stereocenters. The largest absolute Gasteiger partial charge is 0.337 e. The summed E-state index contributed by atoms with van der Waals surface area (Å²) in [6.45, 7) is 0. The quantitative estimate of drug-likeness (QED) is 0.604. The molecule has 2 heterocycles. The van der Waals surface area contributed by atoms with Gasteiger partial charge in [-0.15, -0.1) is 11.3 Å². The lowest BCUT2D eigenvalue weighted by Gasteiger charge is -2.02. The van der Waals surface area contributed by atoms with Crippen LogP contribution in [0.1, 0.15) is 11.1 Å². The van der Waals surface area contributed by atoms with Crippen molar-refractivity contribution >= 4 is 22.4 Å². The number of nitrogens with one attached hydrogen (secondary N) is 1. The molecule has 0 spiro atoms. The van der Waals surface area contributed by atoms with Crippen molar-refractivity contribution in [1.82, 2.24) is 15.0 Å². The Labute approximate surface area is 132 Å². The summed E-state index contributed by atoms with van der Waals surface area (Å²) in [6.07, 6.45) is 2.09. The van der Waals surface area contributed by atoms with Crippen molar-refractivity contribution in [3.05, 3.63) is 70.5 Å². The van der Waals surface area contributed by atoms with E-state index in [-0.39, 0.29) is 0 Å². The van der Waals surface area contributed by atoms with Gasteiger partial charge in [0.15, 0.2) is 5.82 Å². The average Bonchev–Trinajstić information content (AvgIpc) is 3.22. The van der Waals surface area contributed by atoms with Gasteiger partial charge in [-0.25, -0.2) is 9.97 Å². The summed E-state index contributed by atoms with van der Waals surface area (Å²) in [5.41, 5.74) is 7.50. The second-order valence-corrected chi connectivity index (χ2v) is 6.01. The van der Waals surface area contributed by atoms with Crippen molar-refractivity contribution < 1.29 is 0 Å². The first kappa shape index (κ1) is 13.2. The average molecular weight is 305 g/mol. The predicted octanol–water partition coefficient (Wildman–Crippen LogP) is 4.47. The van der Waals surface area contributed by atoms with Crippen molar-refractivity contribution in [2.75, 3.05) is 0 Å². The number of thiazole rings is 1. The molecule has 0 bridgehead atoms. The van der Waals surface area contributed by atoms with Crippen LogP contribution in [0.2, 0.25) is 0 Å². The summed E-state index contributed by atoms with van der Waals surface area (Å²) in [4.78, 5) is 12.3. The van der Waals surface area contributed by atoms with Crippen LogP contribution < -0.4 is 0 Å². The van der Waals surface area contributed by atoms with Gasteiger partial charge < -0.3 is 4.98 Å². The van der Waals surface area contributed by atoms with Gasteiger partial charge in [-0.2, -0.15) is 0 Å². The van der Waals surface area contributed by atoms with Gasteiger partial charge >= 0.3 is 0 Å². The van der Waals surface area contributed by atoms with E-state index in [1.165, 1.54) is 11.1 Å². The van der Waals surface area contributed by atoms with Gasteiger partial charge in [0.2, 0.25) is 0 Å². The van der Waals surface area contributed by atoms with E-state index >= 15 is 0 Å². The highest BCUT2D eigenvalue weighted by molar-refractivity contribution is 7.07. The third kappa shape index (κ3) is 2.65. The Kier molecular flexibility index (Phi) is 3.45. The maximum absolute atomic E-state index is 4.60. The molecule has 0 fully saturated rings. The zero-order chi connectivity index (χ0) is 14.8. The number of hydrogen-bond acceptors (Lipinski definition) is 3. The topological polar surface area (TPSA) is 41.6 Å². The monoisotopic (exact) mass is 305 g/mol. The van der Waals surface area contributed by atoms with Crippen LogP contribution in [0.5, 0.6) is 0 Å². The number of benzene rings is 2. The molecule has 22 heavy (non-hydrogen) atoms. The van der Waals surface area contributed by atoms with Crippen molar-refractivity contribution in [2.24, 2.45) is 0 Å². The van der Waals surface area contributed by atoms with Crippen LogP contribution in [0.15, 0.2) is 59.4 Å². The Hall–Kier alpha value is -2.46. The van der Waals surface area contributed by atoms with E-state index in [1.807, 2.05) is 10.9 Å². The number of rotatable bonds is 4. The number of fused-ring (bicyclic) bond motifs is 1. The van der Waals surface area contributed by atoms with E-state index in [1.54, 1.807) is 11.3 Å². The maximum Gasteiger partial charge on any atom is 0.158 e. The fourth-order valence-electron chi connectivity index (χ4n) is 2.60. The molecule has 0 aliphatic rings. The van der Waals surface area contributed by atoms with Gasteiger partial charge in [-0.05, 0) is 36.1 Å². The molecular formula is C18H15N3S. The van der Waals surface area contributed by atoms with E-state index in [4.69, 9.17) is 0 Å². The zero-order valence-electron chi connectivity index (χ0n) is 12.0. The Bertz CT molecular complexity index is 879. The van der Waals surface area contributed by atoms with Gasteiger partial charge in [-0.1, -0.05) is 36.4 Å². The van der Waals surface area contributed by atoms with E-state index in [0.29, 0.717) is 0 Å². The summed E-state index contributed by atoms with van der Waals surface area (Å²) in [7, 11) is 0. The number of H-pyrrole nitrogens is 1. The van der Waals surface area contributed by atoms with Crippen molar-refractivity contribution in [3.8, 4) is 11.5 Å². The number of nitrogens with zero attached hydrogens (tertiary/aromatic N) is 2. The molecule has 0 aliphatic heterocycles. The Morgan fingerprint density at radius 1 is 0.955 bits per heavy atom. The SMILES string of the molecule is c1ccc(CCc2ccc3nc(-c4cscn4)[nH]c3c2)cc1. The van der Waals surface area contributed by atoms with Crippen LogP contribution in [0.3, 0.4) is 0 Å². The number of aromatic amines is 1. The van der Waals surface area contributed by atoms with Gasteiger partial charge in [0.05, 0.1) is 16.5 Å². The fraction of sp³-hybridized carbons (Fsp3) is 0.111. The molecular weight excluding hydrogens is 290 g/mol. The van der Waals surface area contributed by atoms with Crippen LogP contribution in [0, 0.1) is 0 Å². The van der Waals surface area contributed by atoms with Crippen LogP contribution in [0.25, 0.3) is 22.6 Å². The molecule has 3 nitrogen and oxygen atoms in total. The molecule has 108 valence electrons. The van der Waals surface area contributed by atoms with E-state index in [2.05, 4.69) is 63.5 Å². The number of aromatic nitrogens is 3. The molecule has 4 rings (SSSR count). The zero-order valence-corrected chi connectivity index (χ0v) is 12.8. The van der Waals surface area contributed by atoms with Gasteiger partial charge in [-0.3, -0.25) is 0 Å². The molecule has 1 N–H and O–H groups in total. The molecule has 0 atom stereocenters. The summed E-state index contributed by atoms with van der Waals surface area (Å²) in [5, 5.41) is 2.01. The fourth-order valence-corrected chi connectivity index (χ4v) is 3.13. The summed E-state index contributed by atoms with van der Waals surface area (Å²) in [5.74, 6) is 0.844. The molecule has 0 saturated carbocycles. The molecule has 2 aromatic carbocycles. The number of aryl methyl sites for hydroxylation is 2. The van der Waals surface area contributed by atoms with Crippen LogP contribution in [0.4, 0.5) is 0 Å². The second-order valence-electron chi connectivity index (χ2n) is 5.30. The van der Waals surface area contributed by atoms with Gasteiger partial charge in [0.1, 0.15) is 5.69 Å². The highest BCUT2D eigenvalue weighted by Crippen LogP contribution is 2.21. The summed E-state index contributed by atoms with van der Waals surface area (Å²) >= 11 is 1.58. The lowest BCUT2D eigenvalue weighted by Crippen LogP contribution is -1.90. The minimum absolute atomic E-state index is 0.844. The lowest BCUT2D eigenvalue weighted by molar-refractivity contribution is 0.962. The molecule has 2 aromatic heterocycles. The van der Waals surface area contributed by atoms with E-state index in [0.717, 1.165) is 35.4 Å². The van der Waals surface area contributed by atoms with Gasteiger partial charge in [0, 0.05) is 5.38 Å². The Morgan fingerprint density at radius 2 is 1.82 bits per heavy atom. The lowest BCUT2D eigenvalue weighted by atomic mass is 10.0. The third-order valence-electron chi connectivity index (χ3n) is 3.77. The maximum atomic E-state index is 4.60. The van der Waals surface area contributed by atoms with Crippen LogP contribution >= 0.6 is 11.3 Å². The van der Waals surface area contributed by atoms with E-state index in [9.17, 15) is 0 Å². The Morgan fingerprint density at radius 3 is 2.64 bits per heavy atom. The molecule has 0 radical (unpaired) electrons. The molecule has 4 heteroatoms. The number of hydrogen-bond donors (Lipinski definition) is 1. The highest BCUT2D eigenvalue weighted by Gasteiger charge is 2.07. The summed E-state index contributed by atoms with van der Waals surface area (Å²) in [6, 6.07) is 17.0. The van der Waals surface area contributed by atoms with Crippen LogP contribution in [-0.4, -0.2) is 15.0 Å². The van der Waals surface area contributed by atoms with Crippen LogP contribution in [-0.2, 0) is 12.8 Å². The van der Waals surface area contributed by atoms with Crippen molar-refractivity contribution in [1.29, 1.82) is 0 Å². The third-order valence-corrected chi connectivity index (χ3v) is 4.35. The normalized spacial score (nSPS) is 11.1. The number of imidazole rings is 1. The predicted molar refractivity (Wildman–Crippen MR) is 91.1 cm³/mol. The molecule has 0 amide bonds. The molecule has 0 aliphatic carbocycles. The smallest absolute Gasteiger partial charge is 0.158 e. The Balaban J connectivity index is 1.58. The standard InChI is InChI=1S/C18H15N3S/c1-2-4-13(5-3-1)6-7-14-8-9-15-16(10-14)21-18(20-15)17-11-22-12-19-17/h1-5,8-12H,6-7H2,(H,20,21). The second kappa shape index (κ2) is 5.73. The molecule has 4 aromatic rings. The minimum Gasteiger partial charge on any atom is -0.337 e. The first-order chi connectivity index (χ1) is 10.9. The highest BCUT2D eigenvalue weighted by atomic mass is 32.1. The minimum atomic E-state index is 0.844. The summed E-state index contributed by atoms with van der Waals surface area (Å²) < 4.78 is 0.